The highest BCUT2D eigenvalue weighted by Gasteiger charge is 2.13. The van der Waals surface area contributed by atoms with Gasteiger partial charge >= 0.3 is 5.97 Å². The zero-order valence-electron chi connectivity index (χ0n) is 15.9. The summed E-state index contributed by atoms with van der Waals surface area (Å²) in [6.07, 6.45) is -0.195. The van der Waals surface area contributed by atoms with Crippen LogP contribution in [0.4, 0.5) is 5.69 Å². The maximum Gasteiger partial charge on any atom is 0.338 e. The molecular formula is C18H24N4O3S2. The van der Waals surface area contributed by atoms with Crippen LogP contribution in [-0.2, 0) is 22.3 Å². The van der Waals surface area contributed by atoms with E-state index in [2.05, 4.69) is 22.4 Å². The third kappa shape index (κ3) is 6.59. The second-order valence-electron chi connectivity index (χ2n) is 5.97. The minimum absolute atomic E-state index is 0.179. The first-order valence-corrected chi connectivity index (χ1v) is 10.7. The minimum Gasteiger partial charge on any atom is -0.459 e. The van der Waals surface area contributed by atoms with Crippen LogP contribution in [0.5, 0.6) is 0 Å². The Kier molecular flexibility index (Phi) is 8.18. The predicted octanol–water partition coefficient (Wildman–Crippen LogP) is 3.36. The molecule has 1 heterocycles. The number of esters is 1. The number of hydrogen-bond donors (Lipinski definition) is 1. The number of nitrogens with zero attached hydrogens (tertiary/aromatic N) is 3. The molecule has 0 radical (unpaired) electrons. The highest BCUT2D eigenvalue weighted by molar-refractivity contribution is 7.99. The van der Waals surface area contributed by atoms with Gasteiger partial charge in [0.2, 0.25) is 5.91 Å². The maximum absolute atomic E-state index is 12.2. The summed E-state index contributed by atoms with van der Waals surface area (Å²) in [6, 6.07) is 6.71. The Hall–Kier alpha value is -2.00. The number of thioether (sulfide) groups is 2. The number of nitrogens with one attached hydrogen (secondary N) is 1. The third-order valence-electron chi connectivity index (χ3n) is 3.42. The smallest absolute Gasteiger partial charge is 0.338 e. The van der Waals surface area contributed by atoms with Gasteiger partial charge in [0.1, 0.15) is 5.82 Å². The molecule has 0 aliphatic heterocycles. The number of aromatic nitrogens is 3. The van der Waals surface area contributed by atoms with E-state index in [0.717, 1.165) is 17.3 Å². The lowest BCUT2D eigenvalue weighted by Crippen LogP contribution is -2.16. The molecule has 0 spiro atoms. The van der Waals surface area contributed by atoms with Gasteiger partial charge in [-0.3, -0.25) is 4.79 Å². The van der Waals surface area contributed by atoms with Gasteiger partial charge in [-0.1, -0.05) is 24.8 Å². The molecule has 2 aromatic rings. The Labute approximate surface area is 167 Å². The molecule has 2 rings (SSSR count). The van der Waals surface area contributed by atoms with E-state index in [-0.39, 0.29) is 17.8 Å². The fourth-order valence-electron chi connectivity index (χ4n) is 2.12. The number of carbonyl (C=O) groups is 2. The summed E-state index contributed by atoms with van der Waals surface area (Å²) in [5.41, 5.74) is 0.956. The quantitative estimate of drug-likeness (QED) is 0.503. The van der Waals surface area contributed by atoms with Crippen LogP contribution >= 0.6 is 23.5 Å². The van der Waals surface area contributed by atoms with Crippen LogP contribution in [0.1, 0.15) is 37.0 Å². The molecule has 7 nitrogen and oxygen atoms in total. The van der Waals surface area contributed by atoms with Gasteiger partial charge in [-0.2, -0.15) is 11.8 Å². The topological polar surface area (TPSA) is 86.1 Å². The Morgan fingerprint density at radius 1 is 1.30 bits per heavy atom. The van der Waals surface area contributed by atoms with E-state index in [1.165, 1.54) is 11.8 Å². The summed E-state index contributed by atoms with van der Waals surface area (Å²) in [5.74, 6) is 2.32. The molecular weight excluding hydrogens is 384 g/mol. The zero-order valence-corrected chi connectivity index (χ0v) is 17.5. The van der Waals surface area contributed by atoms with Gasteiger partial charge in [-0.05, 0) is 37.8 Å². The van der Waals surface area contributed by atoms with Crippen molar-refractivity contribution in [3.8, 4) is 0 Å². The molecule has 9 heteroatoms. The van der Waals surface area contributed by atoms with E-state index < -0.39 is 5.97 Å². The van der Waals surface area contributed by atoms with E-state index in [0.29, 0.717) is 16.4 Å². The molecule has 1 aromatic heterocycles. The molecule has 146 valence electrons. The van der Waals surface area contributed by atoms with Crippen LogP contribution < -0.4 is 5.32 Å². The third-order valence-corrected chi connectivity index (χ3v) is 5.31. The summed E-state index contributed by atoms with van der Waals surface area (Å²) >= 11 is 3.10. The zero-order chi connectivity index (χ0) is 19.8. The Morgan fingerprint density at radius 3 is 2.78 bits per heavy atom. The summed E-state index contributed by atoms with van der Waals surface area (Å²) < 4.78 is 7.08. The SMILES string of the molecule is CCSCc1nnc(SCC(=O)Nc2cccc(C(=O)OC(C)C)c2)n1C. The van der Waals surface area contributed by atoms with Gasteiger partial charge in [0.15, 0.2) is 5.16 Å². The Balaban J connectivity index is 1.91. The molecule has 27 heavy (non-hydrogen) atoms. The van der Waals surface area contributed by atoms with Crippen molar-refractivity contribution < 1.29 is 14.3 Å². The molecule has 0 aliphatic rings. The number of carbonyl (C=O) groups excluding carboxylic acids is 2. The van der Waals surface area contributed by atoms with Crippen LogP contribution in [0.15, 0.2) is 29.4 Å². The molecule has 0 fully saturated rings. The van der Waals surface area contributed by atoms with Crippen LogP contribution in [0.2, 0.25) is 0 Å². The number of rotatable bonds is 9. The molecule has 0 saturated heterocycles. The van der Waals surface area contributed by atoms with Crippen LogP contribution in [0, 0.1) is 0 Å². The van der Waals surface area contributed by atoms with Crippen molar-refractivity contribution in [2.75, 3.05) is 16.8 Å². The Morgan fingerprint density at radius 2 is 2.07 bits per heavy atom. The van der Waals surface area contributed by atoms with Crippen molar-refractivity contribution in [1.29, 1.82) is 0 Å². The summed E-state index contributed by atoms with van der Waals surface area (Å²) in [5, 5.41) is 11.8. The number of ether oxygens (including phenoxy) is 1. The Bertz CT molecular complexity index is 793. The number of benzene rings is 1. The number of amides is 1. The molecule has 0 bridgehead atoms. The first-order valence-electron chi connectivity index (χ1n) is 8.60. The highest BCUT2D eigenvalue weighted by Crippen LogP contribution is 2.19. The molecule has 0 aliphatic carbocycles. The first kappa shape index (κ1) is 21.3. The largest absolute Gasteiger partial charge is 0.459 e. The summed E-state index contributed by atoms with van der Waals surface area (Å²) in [4.78, 5) is 24.2. The van der Waals surface area contributed by atoms with Crippen molar-refractivity contribution in [2.45, 2.75) is 37.8 Å². The maximum atomic E-state index is 12.2. The second-order valence-corrected chi connectivity index (χ2v) is 8.18. The number of hydrogen-bond acceptors (Lipinski definition) is 7. The van der Waals surface area contributed by atoms with E-state index >= 15 is 0 Å². The lowest BCUT2D eigenvalue weighted by Gasteiger charge is -2.10. The van der Waals surface area contributed by atoms with E-state index in [1.807, 2.05) is 11.6 Å². The molecule has 1 N–H and O–H groups in total. The first-order chi connectivity index (χ1) is 12.9. The fraction of sp³-hybridized carbons (Fsp3) is 0.444. The standard InChI is InChI=1S/C18H24N4O3S2/c1-5-26-10-15-20-21-18(22(15)4)27-11-16(23)19-14-8-6-7-13(9-14)17(24)25-12(2)3/h6-9,12H,5,10-11H2,1-4H3,(H,19,23). The van der Waals surface area contributed by atoms with Gasteiger partial charge in [0.05, 0.1) is 23.2 Å². The highest BCUT2D eigenvalue weighted by atomic mass is 32.2. The normalized spacial score (nSPS) is 10.9. The average Bonchev–Trinajstić information content (AvgIpc) is 2.97. The van der Waals surface area contributed by atoms with Crippen LogP contribution in [0.25, 0.3) is 0 Å². The second kappa shape index (κ2) is 10.4. The van der Waals surface area contributed by atoms with Gasteiger partial charge in [0, 0.05) is 12.7 Å². The number of anilines is 1. The van der Waals surface area contributed by atoms with Crippen molar-refractivity contribution in [1.82, 2.24) is 14.8 Å². The van der Waals surface area contributed by atoms with E-state index in [9.17, 15) is 9.59 Å². The minimum atomic E-state index is -0.410. The van der Waals surface area contributed by atoms with Crippen LogP contribution in [0.3, 0.4) is 0 Å². The molecule has 0 saturated carbocycles. The van der Waals surface area contributed by atoms with Crippen LogP contribution in [-0.4, -0.2) is 44.3 Å². The average molecular weight is 409 g/mol. The van der Waals surface area contributed by atoms with E-state index in [1.54, 1.807) is 49.9 Å². The molecule has 1 amide bonds. The lowest BCUT2D eigenvalue weighted by molar-refractivity contribution is -0.113. The summed E-state index contributed by atoms with van der Waals surface area (Å²) in [7, 11) is 1.90. The van der Waals surface area contributed by atoms with E-state index in [4.69, 9.17) is 4.74 Å². The van der Waals surface area contributed by atoms with Gasteiger partial charge in [0.25, 0.3) is 0 Å². The lowest BCUT2D eigenvalue weighted by atomic mass is 10.2. The monoisotopic (exact) mass is 408 g/mol. The summed E-state index contributed by atoms with van der Waals surface area (Å²) in [6.45, 7) is 5.68. The van der Waals surface area contributed by atoms with Crippen molar-refractivity contribution in [3.63, 3.8) is 0 Å². The van der Waals surface area contributed by atoms with Gasteiger partial charge < -0.3 is 14.6 Å². The van der Waals surface area contributed by atoms with Crippen molar-refractivity contribution in [2.24, 2.45) is 7.05 Å². The molecule has 0 atom stereocenters. The van der Waals surface area contributed by atoms with Crippen molar-refractivity contribution in [3.05, 3.63) is 35.7 Å². The van der Waals surface area contributed by atoms with Gasteiger partial charge in [-0.25, -0.2) is 4.79 Å². The fourth-order valence-corrected chi connectivity index (χ4v) is 3.49. The van der Waals surface area contributed by atoms with Gasteiger partial charge in [-0.15, -0.1) is 10.2 Å². The molecule has 1 aromatic carbocycles. The predicted molar refractivity (Wildman–Crippen MR) is 109 cm³/mol. The molecule has 0 unspecified atom stereocenters. The van der Waals surface area contributed by atoms with Crippen molar-refractivity contribution >= 4 is 41.1 Å².